The summed E-state index contributed by atoms with van der Waals surface area (Å²) in [4.78, 5) is -0.386. The van der Waals surface area contributed by atoms with Gasteiger partial charge in [-0.25, -0.2) is 8.42 Å². The van der Waals surface area contributed by atoms with E-state index in [0.717, 1.165) is 47.7 Å². The smallest absolute Gasteiger partial charge is 0.374 e. The van der Waals surface area contributed by atoms with Gasteiger partial charge in [0.15, 0.2) is 0 Å². The molecule has 30 heavy (non-hydrogen) atoms. The van der Waals surface area contributed by atoms with Crippen molar-refractivity contribution in [2.75, 3.05) is 10.8 Å². The van der Waals surface area contributed by atoms with Crippen molar-refractivity contribution in [2.45, 2.75) is 62.8 Å². The molecule has 0 aromatic heterocycles. The minimum absolute atomic E-state index is 0.0888. The van der Waals surface area contributed by atoms with Gasteiger partial charge in [-0.05, 0) is 55.7 Å². The minimum Gasteiger partial charge on any atom is -0.374 e. The van der Waals surface area contributed by atoms with Crippen LogP contribution >= 0.6 is 0 Å². The van der Waals surface area contributed by atoms with Crippen molar-refractivity contribution in [1.82, 2.24) is 0 Å². The van der Waals surface area contributed by atoms with Crippen molar-refractivity contribution in [3.63, 3.8) is 0 Å². The lowest BCUT2D eigenvalue weighted by Crippen LogP contribution is -2.31. The lowest BCUT2D eigenvalue weighted by atomic mass is 9.98. The monoisotopic (exact) mass is 441 g/mol. The summed E-state index contributed by atoms with van der Waals surface area (Å²) >= 11 is 0. The number of rotatable bonds is 7. The van der Waals surface area contributed by atoms with Gasteiger partial charge in [-0.15, -0.1) is 0 Å². The SMILES string of the molecule is CCN(c1cccc(COC2CCCCC2)c1)S(=O)(=O)c1cccc(C(F)(F)F)c1. The number of ether oxygens (including phenoxy) is 1. The highest BCUT2D eigenvalue weighted by atomic mass is 32.2. The summed E-state index contributed by atoms with van der Waals surface area (Å²) in [6.07, 6.45) is 1.22. The first-order valence-electron chi connectivity index (χ1n) is 10.1. The van der Waals surface area contributed by atoms with Crippen molar-refractivity contribution < 1.29 is 26.3 Å². The van der Waals surface area contributed by atoms with E-state index in [0.29, 0.717) is 18.4 Å². The molecule has 1 aliphatic rings. The number of hydrogen-bond acceptors (Lipinski definition) is 3. The Morgan fingerprint density at radius 3 is 2.40 bits per heavy atom. The van der Waals surface area contributed by atoms with E-state index in [1.807, 2.05) is 6.07 Å². The zero-order valence-electron chi connectivity index (χ0n) is 16.9. The number of halogens is 3. The van der Waals surface area contributed by atoms with Crippen LogP contribution in [0.4, 0.5) is 18.9 Å². The third-order valence-electron chi connectivity index (χ3n) is 5.27. The zero-order valence-corrected chi connectivity index (χ0v) is 17.7. The molecule has 0 unspecified atom stereocenters. The van der Waals surface area contributed by atoms with Gasteiger partial charge in [0.1, 0.15) is 0 Å². The molecule has 4 nitrogen and oxygen atoms in total. The molecule has 164 valence electrons. The predicted octanol–water partition coefficient (Wildman–Crippen LogP) is 5.77. The Balaban J connectivity index is 1.82. The molecule has 8 heteroatoms. The fraction of sp³-hybridized carbons (Fsp3) is 0.455. The standard InChI is InChI=1S/C22H26F3NO3S/c1-2-26(30(27,28)21-13-7-9-18(15-21)22(23,24)25)19-10-6-8-17(14-19)16-29-20-11-4-3-5-12-20/h6-10,13-15,20H,2-5,11-12,16H2,1H3. The summed E-state index contributed by atoms with van der Waals surface area (Å²) < 4.78 is 72.4. The van der Waals surface area contributed by atoms with E-state index in [9.17, 15) is 21.6 Å². The molecule has 0 amide bonds. The van der Waals surface area contributed by atoms with Gasteiger partial charge in [-0.3, -0.25) is 4.31 Å². The van der Waals surface area contributed by atoms with E-state index in [4.69, 9.17) is 4.74 Å². The van der Waals surface area contributed by atoms with Gasteiger partial charge < -0.3 is 4.74 Å². The van der Waals surface area contributed by atoms with Gasteiger partial charge in [0.05, 0.1) is 28.9 Å². The van der Waals surface area contributed by atoms with Crippen molar-refractivity contribution >= 4 is 15.7 Å². The average Bonchev–Trinajstić information content (AvgIpc) is 2.73. The molecule has 1 saturated carbocycles. The van der Waals surface area contributed by atoms with E-state index in [1.54, 1.807) is 25.1 Å². The van der Waals surface area contributed by atoms with Gasteiger partial charge in [-0.2, -0.15) is 13.2 Å². The first-order chi connectivity index (χ1) is 14.2. The van der Waals surface area contributed by atoms with Crippen LogP contribution in [0.25, 0.3) is 0 Å². The highest BCUT2D eigenvalue weighted by Gasteiger charge is 2.33. The molecule has 2 aromatic carbocycles. The van der Waals surface area contributed by atoms with Crippen molar-refractivity contribution in [1.29, 1.82) is 0 Å². The second kappa shape index (κ2) is 9.39. The third kappa shape index (κ3) is 5.35. The lowest BCUT2D eigenvalue weighted by molar-refractivity contribution is -0.137. The summed E-state index contributed by atoms with van der Waals surface area (Å²) in [6, 6.07) is 10.8. The highest BCUT2D eigenvalue weighted by molar-refractivity contribution is 7.92. The van der Waals surface area contributed by atoms with Crippen molar-refractivity contribution in [2.24, 2.45) is 0 Å². The summed E-state index contributed by atoms with van der Waals surface area (Å²) in [7, 11) is -4.15. The summed E-state index contributed by atoms with van der Waals surface area (Å²) in [5.41, 5.74) is 0.240. The number of sulfonamides is 1. The lowest BCUT2D eigenvalue weighted by Gasteiger charge is -2.25. The highest BCUT2D eigenvalue weighted by Crippen LogP contribution is 2.32. The fourth-order valence-corrected chi connectivity index (χ4v) is 5.21. The molecule has 0 radical (unpaired) electrons. The Bertz CT molecular complexity index is 954. The molecule has 0 aliphatic heterocycles. The molecule has 0 spiro atoms. The molecule has 1 aliphatic carbocycles. The minimum atomic E-state index is -4.61. The van der Waals surface area contributed by atoms with E-state index in [2.05, 4.69) is 0 Å². The van der Waals surface area contributed by atoms with Crippen molar-refractivity contribution in [3.05, 3.63) is 59.7 Å². The van der Waals surface area contributed by atoms with E-state index in [1.165, 1.54) is 12.5 Å². The molecule has 3 rings (SSSR count). The summed E-state index contributed by atoms with van der Waals surface area (Å²) in [6.45, 7) is 2.11. The van der Waals surface area contributed by atoms with Crippen LogP contribution in [-0.4, -0.2) is 21.1 Å². The van der Waals surface area contributed by atoms with Crippen LogP contribution in [0, 0.1) is 0 Å². The molecule has 0 N–H and O–H groups in total. The predicted molar refractivity (Wildman–Crippen MR) is 110 cm³/mol. The molecular formula is C22H26F3NO3S. The number of nitrogens with zero attached hydrogens (tertiary/aromatic N) is 1. The molecule has 0 saturated heterocycles. The average molecular weight is 442 g/mol. The molecular weight excluding hydrogens is 415 g/mol. The first kappa shape index (κ1) is 22.6. The van der Waals surface area contributed by atoms with E-state index >= 15 is 0 Å². The normalized spacial score (nSPS) is 15.9. The Hall–Kier alpha value is -2.06. The summed E-state index contributed by atoms with van der Waals surface area (Å²) in [5, 5.41) is 0. The molecule has 0 bridgehead atoms. The van der Waals surface area contributed by atoms with Gasteiger partial charge in [0, 0.05) is 6.54 Å². The van der Waals surface area contributed by atoms with E-state index in [-0.39, 0.29) is 17.5 Å². The number of alkyl halides is 3. The maximum atomic E-state index is 13.1. The van der Waals surface area contributed by atoms with Crippen LogP contribution in [0.15, 0.2) is 53.4 Å². The van der Waals surface area contributed by atoms with Crippen LogP contribution < -0.4 is 4.31 Å². The Kier molecular flexibility index (Phi) is 7.08. The third-order valence-corrected chi connectivity index (χ3v) is 7.17. The van der Waals surface area contributed by atoms with Gasteiger partial charge in [0.2, 0.25) is 0 Å². The largest absolute Gasteiger partial charge is 0.416 e. The van der Waals surface area contributed by atoms with E-state index < -0.39 is 21.8 Å². The molecule has 0 heterocycles. The fourth-order valence-electron chi connectivity index (χ4n) is 3.70. The zero-order chi connectivity index (χ0) is 21.8. The van der Waals surface area contributed by atoms with Crippen LogP contribution in [0.1, 0.15) is 50.2 Å². The van der Waals surface area contributed by atoms with Crippen molar-refractivity contribution in [3.8, 4) is 0 Å². The number of hydrogen-bond donors (Lipinski definition) is 0. The van der Waals surface area contributed by atoms with Gasteiger partial charge in [0.25, 0.3) is 10.0 Å². The van der Waals surface area contributed by atoms with Crippen LogP contribution in [0.3, 0.4) is 0 Å². The van der Waals surface area contributed by atoms with Crippen LogP contribution in [0.2, 0.25) is 0 Å². The first-order valence-corrected chi connectivity index (χ1v) is 11.6. The second-order valence-corrected chi connectivity index (χ2v) is 9.30. The molecule has 0 atom stereocenters. The second-order valence-electron chi connectivity index (χ2n) is 7.44. The van der Waals surface area contributed by atoms with Gasteiger partial charge >= 0.3 is 6.18 Å². The molecule has 2 aromatic rings. The maximum absolute atomic E-state index is 13.1. The number of benzene rings is 2. The Morgan fingerprint density at radius 2 is 1.73 bits per heavy atom. The van der Waals surface area contributed by atoms with Gasteiger partial charge in [-0.1, -0.05) is 37.5 Å². The molecule has 1 fully saturated rings. The Morgan fingerprint density at radius 1 is 1.03 bits per heavy atom. The number of anilines is 1. The summed E-state index contributed by atoms with van der Waals surface area (Å²) in [5.74, 6) is 0. The van der Waals surface area contributed by atoms with Crippen LogP contribution in [-0.2, 0) is 27.5 Å². The Labute approximate surface area is 175 Å². The quantitative estimate of drug-likeness (QED) is 0.548. The van der Waals surface area contributed by atoms with Crippen LogP contribution in [0.5, 0.6) is 0 Å². The topological polar surface area (TPSA) is 46.6 Å². The maximum Gasteiger partial charge on any atom is 0.416 e.